The van der Waals surface area contributed by atoms with E-state index >= 15 is 0 Å². The Morgan fingerprint density at radius 2 is 1.68 bits per heavy atom. The van der Waals surface area contributed by atoms with Crippen molar-refractivity contribution in [1.82, 2.24) is 14.7 Å². The van der Waals surface area contributed by atoms with Crippen molar-refractivity contribution in [2.24, 2.45) is 5.41 Å². The number of rotatable bonds is 2. The van der Waals surface area contributed by atoms with Crippen molar-refractivity contribution in [3.8, 4) is 0 Å². The van der Waals surface area contributed by atoms with E-state index in [4.69, 9.17) is 4.74 Å². The monoisotopic (exact) mass is 353 g/mol. The lowest BCUT2D eigenvalue weighted by molar-refractivity contribution is -0.154. The first kappa shape index (κ1) is 18.0. The number of carbonyl (C=O) groups excluding carboxylic acids is 2. The molecule has 3 fully saturated rings. The van der Waals surface area contributed by atoms with Gasteiger partial charge in [-0.05, 0) is 31.6 Å². The number of urea groups is 1. The number of likely N-dealkylation sites (tertiary alicyclic amines) is 2. The van der Waals surface area contributed by atoms with Gasteiger partial charge in [-0.3, -0.25) is 4.79 Å². The molecule has 25 heavy (non-hydrogen) atoms. The fraction of sp³-hybridized carbons (Fsp3) is 0.824. The number of carbonyl (C=O) groups is 3. The van der Waals surface area contributed by atoms with Gasteiger partial charge in [0.05, 0.1) is 13.2 Å². The third-order valence-electron chi connectivity index (χ3n) is 5.90. The molecular weight excluding hydrogens is 326 g/mol. The number of amides is 3. The van der Waals surface area contributed by atoms with E-state index < -0.39 is 12.0 Å². The summed E-state index contributed by atoms with van der Waals surface area (Å²) in [6.45, 7) is 5.84. The predicted molar refractivity (Wildman–Crippen MR) is 89.1 cm³/mol. The molecule has 3 aliphatic heterocycles. The molecule has 0 aromatic heterocycles. The quantitative estimate of drug-likeness (QED) is 0.786. The molecule has 1 atom stereocenters. The Morgan fingerprint density at radius 3 is 2.28 bits per heavy atom. The first-order valence-corrected chi connectivity index (χ1v) is 9.06. The average molecular weight is 353 g/mol. The van der Waals surface area contributed by atoms with Crippen LogP contribution in [0.2, 0.25) is 0 Å². The van der Waals surface area contributed by atoms with Gasteiger partial charge in [0.1, 0.15) is 6.04 Å². The lowest BCUT2D eigenvalue weighted by Gasteiger charge is -2.48. The fourth-order valence-corrected chi connectivity index (χ4v) is 4.07. The molecular formula is C17H27N3O5. The Balaban J connectivity index is 1.59. The van der Waals surface area contributed by atoms with Crippen molar-refractivity contribution in [3.63, 3.8) is 0 Å². The van der Waals surface area contributed by atoms with Gasteiger partial charge in [-0.2, -0.15) is 0 Å². The molecule has 0 aromatic rings. The van der Waals surface area contributed by atoms with Crippen molar-refractivity contribution in [1.29, 1.82) is 0 Å². The van der Waals surface area contributed by atoms with Gasteiger partial charge in [0.15, 0.2) is 0 Å². The number of hydrogen-bond donors (Lipinski definition) is 1. The molecule has 1 spiro atoms. The van der Waals surface area contributed by atoms with Crippen molar-refractivity contribution in [2.45, 2.75) is 38.6 Å². The van der Waals surface area contributed by atoms with E-state index in [1.165, 1.54) is 4.90 Å². The van der Waals surface area contributed by atoms with Gasteiger partial charge in [-0.25, -0.2) is 9.59 Å². The maximum absolute atomic E-state index is 12.6. The van der Waals surface area contributed by atoms with Crippen LogP contribution < -0.4 is 0 Å². The average Bonchev–Trinajstić information content (AvgIpc) is 2.64. The highest BCUT2D eigenvalue weighted by atomic mass is 16.5. The number of hydrogen-bond acceptors (Lipinski definition) is 4. The third kappa shape index (κ3) is 3.73. The van der Waals surface area contributed by atoms with E-state index in [0.29, 0.717) is 52.4 Å². The maximum atomic E-state index is 12.6. The Kier molecular flexibility index (Phi) is 5.17. The largest absolute Gasteiger partial charge is 0.480 e. The fourth-order valence-electron chi connectivity index (χ4n) is 4.07. The lowest BCUT2D eigenvalue weighted by atomic mass is 9.72. The van der Waals surface area contributed by atoms with E-state index in [2.05, 4.69) is 0 Å². The van der Waals surface area contributed by atoms with E-state index in [9.17, 15) is 19.5 Å². The number of carboxylic acids is 1. The second-order valence-electron chi connectivity index (χ2n) is 7.40. The Bertz CT molecular complexity index is 538. The molecule has 3 aliphatic rings. The van der Waals surface area contributed by atoms with Crippen LogP contribution in [-0.4, -0.2) is 89.7 Å². The summed E-state index contributed by atoms with van der Waals surface area (Å²) >= 11 is 0. The van der Waals surface area contributed by atoms with E-state index in [1.807, 2.05) is 9.80 Å². The minimum Gasteiger partial charge on any atom is -0.480 e. The van der Waals surface area contributed by atoms with E-state index in [-0.39, 0.29) is 17.4 Å². The summed E-state index contributed by atoms with van der Waals surface area (Å²) in [6, 6.07) is -0.724. The number of morpholine rings is 1. The number of piperidine rings is 2. The number of aliphatic carboxylic acids is 1. The van der Waals surface area contributed by atoms with Crippen LogP contribution in [0.4, 0.5) is 4.79 Å². The summed E-state index contributed by atoms with van der Waals surface area (Å²) in [5.41, 5.74) is -0.0561. The van der Waals surface area contributed by atoms with E-state index in [0.717, 1.165) is 19.3 Å². The summed E-state index contributed by atoms with van der Waals surface area (Å²) in [6.07, 6.45) is 2.82. The van der Waals surface area contributed by atoms with Crippen molar-refractivity contribution >= 4 is 17.9 Å². The van der Waals surface area contributed by atoms with Crippen LogP contribution in [0.25, 0.3) is 0 Å². The zero-order chi connectivity index (χ0) is 18.0. The van der Waals surface area contributed by atoms with Gasteiger partial charge in [-0.1, -0.05) is 0 Å². The van der Waals surface area contributed by atoms with Crippen LogP contribution in [0, 0.1) is 5.41 Å². The minimum absolute atomic E-state index is 0.0561. The van der Waals surface area contributed by atoms with Gasteiger partial charge in [-0.15, -0.1) is 0 Å². The molecule has 140 valence electrons. The van der Waals surface area contributed by atoms with Crippen LogP contribution in [0.5, 0.6) is 0 Å². The second-order valence-corrected chi connectivity index (χ2v) is 7.40. The van der Waals surface area contributed by atoms with Crippen molar-refractivity contribution < 1.29 is 24.2 Å². The zero-order valence-electron chi connectivity index (χ0n) is 14.8. The molecule has 0 radical (unpaired) electrons. The highest BCUT2D eigenvalue weighted by Crippen LogP contribution is 2.41. The van der Waals surface area contributed by atoms with Crippen molar-refractivity contribution in [2.75, 3.05) is 45.9 Å². The zero-order valence-corrected chi connectivity index (χ0v) is 14.8. The van der Waals surface area contributed by atoms with Crippen LogP contribution in [0.3, 0.4) is 0 Å². The first-order chi connectivity index (χ1) is 11.9. The normalized spacial score (nSPS) is 25.2. The minimum atomic E-state index is -0.967. The van der Waals surface area contributed by atoms with Crippen LogP contribution in [0.15, 0.2) is 0 Å². The van der Waals surface area contributed by atoms with Gasteiger partial charge < -0.3 is 24.5 Å². The van der Waals surface area contributed by atoms with Gasteiger partial charge >= 0.3 is 12.0 Å². The van der Waals surface area contributed by atoms with Crippen LogP contribution in [0.1, 0.15) is 32.6 Å². The molecule has 8 heteroatoms. The summed E-state index contributed by atoms with van der Waals surface area (Å²) in [7, 11) is 0. The molecule has 0 aliphatic carbocycles. The van der Waals surface area contributed by atoms with Gasteiger partial charge in [0, 0.05) is 39.1 Å². The summed E-state index contributed by atoms with van der Waals surface area (Å²) in [5.74, 6) is -1.04. The molecule has 0 aromatic carbocycles. The molecule has 3 amide bonds. The molecule has 3 rings (SSSR count). The predicted octanol–water partition coefficient (Wildman–Crippen LogP) is 0.616. The van der Waals surface area contributed by atoms with Crippen LogP contribution in [-0.2, 0) is 14.3 Å². The first-order valence-electron chi connectivity index (χ1n) is 9.06. The van der Waals surface area contributed by atoms with Crippen LogP contribution >= 0.6 is 0 Å². The summed E-state index contributed by atoms with van der Waals surface area (Å²) in [5, 5.41) is 9.24. The molecule has 0 saturated carbocycles. The number of nitrogens with zero attached hydrogens (tertiary/aromatic N) is 3. The topological polar surface area (TPSA) is 90.4 Å². The Labute approximate surface area is 147 Å². The smallest absolute Gasteiger partial charge is 0.326 e. The molecule has 0 bridgehead atoms. The molecule has 1 N–H and O–H groups in total. The van der Waals surface area contributed by atoms with E-state index in [1.54, 1.807) is 6.92 Å². The highest BCUT2D eigenvalue weighted by Gasteiger charge is 2.44. The molecule has 8 nitrogen and oxygen atoms in total. The molecule has 3 heterocycles. The Hall–Kier alpha value is -1.83. The number of carboxylic acid groups (broad SMARTS) is 1. The SMILES string of the molecule is C[C@@H](C(=O)O)N1CC2(CCC1=O)CCN(C(=O)N1CCOCC1)CC2. The van der Waals surface area contributed by atoms with Crippen molar-refractivity contribution in [3.05, 3.63) is 0 Å². The van der Waals surface area contributed by atoms with Gasteiger partial charge in [0.25, 0.3) is 0 Å². The number of ether oxygens (including phenoxy) is 1. The third-order valence-corrected chi connectivity index (χ3v) is 5.90. The molecule has 0 unspecified atom stereocenters. The highest BCUT2D eigenvalue weighted by molar-refractivity contribution is 5.84. The second kappa shape index (κ2) is 7.19. The standard InChI is InChI=1S/C17H27N3O5/c1-13(15(22)23)20-12-17(3-2-14(20)21)4-6-18(7-5-17)16(24)19-8-10-25-11-9-19/h13H,2-12H2,1H3,(H,22,23)/t13-/m0/s1. The lowest BCUT2D eigenvalue weighted by Crippen LogP contribution is -2.57. The maximum Gasteiger partial charge on any atom is 0.326 e. The Morgan fingerprint density at radius 1 is 1.08 bits per heavy atom. The summed E-state index contributed by atoms with van der Waals surface area (Å²) in [4.78, 5) is 41.2. The van der Waals surface area contributed by atoms with Gasteiger partial charge in [0.2, 0.25) is 5.91 Å². The summed E-state index contributed by atoms with van der Waals surface area (Å²) < 4.78 is 5.29. The molecule has 3 saturated heterocycles.